The lowest BCUT2D eigenvalue weighted by molar-refractivity contribution is 0.148. The predicted molar refractivity (Wildman–Crippen MR) is 82.5 cm³/mol. The van der Waals surface area contributed by atoms with Crippen LogP contribution in [0.5, 0.6) is 5.75 Å². The summed E-state index contributed by atoms with van der Waals surface area (Å²) in [6.07, 6.45) is -0.483. The third-order valence-corrected chi connectivity index (χ3v) is 3.30. The lowest BCUT2D eigenvalue weighted by atomic mass is 9.97. The van der Waals surface area contributed by atoms with E-state index in [1.807, 2.05) is 36.4 Å². The first-order valence-corrected chi connectivity index (χ1v) is 6.90. The van der Waals surface area contributed by atoms with Crippen molar-refractivity contribution in [1.29, 1.82) is 0 Å². The second kappa shape index (κ2) is 6.95. The minimum atomic E-state index is -0.483. The highest BCUT2D eigenvalue weighted by molar-refractivity contribution is 5.88. The van der Waals surface area contributed by atoms with Gasteiger partial charge < -0.3 is 20.5 Å². The molecule has 21 heavy (non-hydrogen) atoms. The van der Waals surface area contributed by atoms with Crippen molar-refractivity contribution in [2.24, 2.45) is 5.73 Å². The third kappa shape index (κ3) is 3.25. The Morgan fingerprint density at radius 2 is 2.05 bits per heavy atom. The van der Waals surface area contributed by atoms with Gasteiger partial charge in [0.2, 0.25) is 0 Å². The van der Waals surface area contributed by atoms with Crippen LogP contribution in [0, 0.1) is 0 Å². The van der Waals surface area contributed by atoms with Crippen LogP contribution in [0.1, 0.15) is 18.5 Å². The standard InChI is InChI=1S/C16H20N2O3/c1-3-21-16(19)18-13(10-17)15-12-7-5-4-6-11(12)8-9-14(15)20-2/h4-9,13H,3,10,17H2,1-2H3,(H,18,19). The Kier molecular flexibility index (Phi) is 5.00. The molecule has 2 aromatic carbocycles. The van der Waals surface area contributed by atoms with Gasteiger partial charge in [-0.15, -0.1) is 0 Å². The molecular weight excluding hydrogens is 268 g/mol. The Labute approximate surface area is 124 Å². The Hall–Kier alpha value is -2.27. The van der Waals surface area contributed by atoms with Gasteiger partial charge in [-0.3, -0.25) is 0 Å². The van der Waals surface area contributed by atoms with Gasteiger partial charge in [-0.25, -0.2) is 4.79 Å². The summed E-state index contributed by atoms with van der Waals surface area (Å²) in [5, 5.41) is 4.86. The fraction of sp³-hybridized carbons (Fsp3) is 0.312. The van der Waals surface area contributed by atoms with E-state index in [2.05, 4.69) is 5.32 Å². The van der Waals surface area contributed by atoms with Crippen LogP contribution in [-0.4, -0.2) is 26.4 Å². The van der Waals surface area contributed by atoms with E-state index in [1.54, 1.807) is 14.0 Å². The van der Waals surface area contributed by atoms with E-state index in [9.17, 15) is 4.79 Å². The molecule has 2 rings (SSSR count). The number of nitrogens with one attached hydrogen (secondary N) is 1. The second-order valence-electron chi connectivity index (χ2n) is 4.56. The van der Waals surface area contributed by atoms with Crippen molar-refractivity contribution in [1.82, 2.24) is 5.32 Å². The molecule has 0 bridgehead atoms. The van der Waals surface area contributed by atoms with Crippen molar-refractivity contribution in [3.8, 4) is 5.75 Å². The molecule has 0 saturated carbocycles. The normalized spacial score (nSPS) is 12.0. The van der Waals surface area contributed by atoms with Crippen LogP contribution in [0.15, 0.2) is 36.4 Å². The van der Waals surface area contributed by atoms with Gasteiger partial charge in [0, 0.05) is 12.1 Å². The number of carbonyl (C=O) groups is 1. The summed E-state index contributed by atoms with van der Waals surface area (Å²) < 4.78 is 10.4. The Balaban J connectivity index is 2.47. The average molecular weight is 288 g/mol. The van der Waals surface area contributed by atoms with Gasteiger partial charge in [0.05, 0.1) is 19.8 Å². The minimum Gasteiger partial charge on any atom is -0.496 e. The molecule has 3 N–H and O–H groups in total. The molecule has 0 aliphatic carbocycles. The Morgan fingerprint density at radius 1 is 1.29 bits per heavy atom. The summed E-state index contributed by atoms with van der Waals surface area (Å²) in [5.74, 6) is 0.695. The SMILES string of the molecule is CCOC(=O)NC(CN)c1c(OC)ccc2ccccc12. The van der Waals surface area contributed by atoms with E-state index >= 15 is 0 Å². The number of amides is 1. The number of hydrogen-bond donors (Lipinski definition) is 2. The zero-order valence-corrected chi connectivity index (χ0v) is 12.3. The maximum absolute atomic E-state index is 11.7. The fourth-order valence-corrected chi connectivity index (χ4v) is 2.38. The molecule has 1 atom stereocenters. The lowest BCUT2D eigenvalue weighted by Gasteiger charge is -2.21. The van der Waals surface area contributed by atoms with Crippen LogP contribution in [-0.2, 0) is 4.74 Å². The van der Waals surface area contributed by atoms with Crippen molar-refractivity contribution >= 4 is 16.9 Å². The van der Waals surface area contributed by atoms with Crippen molar-refractivity contribution in [3.05, 3.63) is 42.0 Å². The maximum atomic E-state index is 11.7. The van der Waals surface area contributed by atoms with Gasteiger partial charge in [-0.1, -0.05) is 30.3 Å². The van der Waals surface area contributed by atoms with Crippen LogP contribution in [0.3, 0.4) is 0 Å². The highest BCUT2D eigenvalue weighted by atomic mass is 16.5. The van der Waals surface area contributed by atoms with Gasteiger partial charge >= 0.3 is 6.09 Å². The zero-order chi connectivity index (χ0) is 15.2. The second-order valence-corrected chi connectivity index (χ2v) is 4.56. The van der Waals surface area contributed by atoms with E-state index in [-0.39, 0.29) is 12.6 Å². The van der Waals surface area contributed by atoms with Crippen molar-refractivity contribution in [3.63, 3.8) is 0 Å². The minimum absolute atomic E-state index is 0.253. The molecule has 112 valence electrons. The van der Waals surface area contributed by atoms with Crippen LogP contribution in [0.25, 0.3) is 10.8 Å². The number of fused-ring (bicyclic) bond motifs is 1. The quantitative estimate of drug-likeness (QED) is 0.887. The molecule has 2 aromatic rings. The number of carbonyl (C=O) groups excluding carboxylic acids is 1. The van der Waals surface area contributed by atoms with Crippen LogP contribution in [0.2, 0.25) is 0 Å². The van der Waals surface area contributed by atoms with Crippen LogP contribution in [0.4, 0.5) is 4.79 Å². The first kappa shape index (κ1) is 15.1. The van der Waals surface area contributed by atoms with E-state index < -0.39 is 6.09 Å². The molecule has 5 nitrogen and oxygen atoms in total. The van der Waals surface area contributed by atoms with E-state index in [1.165, 1.54) is 0 Å². The zero-order valence-electron chi connectivity index (χ0n) is 12.3. The van der Waals surface area contributed by atoms with Gasteiger partial charge in [0.25, 0.3) is 0 Å². The molecule has 0 radical (unpaired) electrons. The number of alkyl carbamates (subject to hydrolysis) is 1. The molecule has 0 aromatic heterocycles. The summed E-state index contributed by atoms with van der Waals surface area (Å²) in [7, 11) is 1.60. The molecule has 0 heterocycles. The van der Waals surface area contributed by atoms with Gasteiger partial charge in [-0.05, 0) is 23.8 Å². The molecular formula is C16H20N2O3. The first-order chi connectivity index (χ1) is 10.2. The number of methoxy groups -OCH3 is 1. The molecule has 0 aliphatic rings. The smallest absolute Gasteiger partial charge is 0.407 e. The summed E-state index contributed by atoms with van der Waals surface area (Å²) in [6.45, 7) is 2.33. The Morgan fingerprint density at radius 3 is 2.71 bits per heavy atom. The van der Waals surface area contributed by atoms with Gasteiger partial charge in [-0.2, -0.15) is 0 Å². The summed E-state index contributed by atoms with van der Waals surface area (Å²) in [4.78, 5) is 11.7. The van der Waals surface area contributed by atoms with Crippen LogP contribution >= 0.6 is 0 Å². The fourth-order valence-electron chi connectivity index (χ4n) is 2.38. The first-order valence-electron chi connectivity index (χ1n) is 6.90. The third-order valence-electron chi connectivity index (χ3n) is 3.30. The monoisotopic (exact) mass is 288 g/mol. The van der Waals surface area contributed by atoms with Gasteiger partial charge in [0.1, 0.15) is 5.75 Å². The number of benzene rings is 2. The number of rotatable bonds is 5. The average Bonchev–Trinajstić information content (AvgIpc) is 2.52. The van der Waals surface area contributed by atoms with E-state index in [0.29, 0.717) is 12.4 Å². The summed E-state index contributed by atoms with van der Waals surface area (Å²) in [5.41, 5.74) is 6.70. The molecule has 5 heteroatoms. The predicted octanol–water partition coefficient (Wildman–Crippen LogP) is 2.59. The highest BCUT2D eigenvalue weighted by Gasteiger charge is 2.20. The van der Waals surface area contributed by atoms with Crippen molar-refractivity contribution < 1.29 is 14.3 Å². The largest absolute Gasteiger partial charge is 0.496 e. The molecule has 0 saturated heterocycles. The van der Waals surface area contributed by atoms with Crippen molar-refractivity contribution in [2.75, 3.05) is 20.3 Å². The number of nitrogens with two attached hydrogens (primary N) is 1. The Bertz CT molecular complexity index is 628. The lowest BCUT2D eigenvalue weighted by Crippen LogP contribution is -2.34. The molecule has 0 spiro atoms. The molecule has 0 fully saturated rings. The summed E-state index contributed by atoms with van der Waals surface area (Å²) in [6, 6.07) is 11.4. The maximum Gasteiger partial charge on any atom is 0.407 e. The molecule has 1 amide bonds. The number of hydrogen-bond acceptors (Lipinski definition) is 4. The van der Waals surface area contributed by atoms with Gasteiger partial charge in [0.15, 0.2) is 0 Å². The molecule has 0 aliphatic heterocycles. The highest BCUT2D eigenvalue weighted by Crippen LogP contribution is 2.32. The topological polar surface area (TPSA) is 73.6 Å². The van der Waals surface area contributed by atoms with E-state index in [4.69, 9.17) is 15.2 Å². The van der Waals surface area contributed by atoms with E-state index in [0.717, 1.165) is 16.3 Å². The van der Waals surface area contributed by atoms with Crippen molar-refractivity contribution in [2.45, 2.75) is 13.0 Å². The summed E-state index contributed by atoms with van der Waals surface area (Å²) >= 11 is 0. The number of ether oxygens (including phenoxy) is 2. The molecule has 1 unspecified atom stereocenters. The van der Waals surface area contributed by atoms with Crippen LogP contribution < -0.4 is 15.8 Å².